The van der Waals surface area contributed by atoms with Gasteiger partial charge in [0, 0.05) is 37.8 Å². The van der Waals surface area contributed by atoms with E-state index in [1.54, 1.807) is 28.6 Å². The minimum atomic E-state index is -3.60. The van der Waals surface area contributed by atoms with Crippen LogP contribution >= 0.6 is 0 Å². The first kappa shape index (κ1) is 22.8. The van der Waals surface area contributed by atoms with Gasteiger partial charge in [-0.15, -0.1) is 0 Å². The molecule has 2 fully saturated rings. The number of rotatable bonds is 7. The molecule has 0 radical (unpaired) electrons. The van der Waals surface area contributed by atoms with Crippen LogP contribution in [0.3, 0.4) is 0 Å². The van der Waals surface area contributed by atoms with Crippen molar-refractivity contribution in [1.29, 1.82) is 0 Å². The lowest BCUT2D eigenvalue weighted by molar-refractivity contribution is -0.117. The Morgan fingerprint density at radius 1 is 0.765 bits per heavy atom. The van der Waals surface area contributed by atoms with Crippen LogP contribution in [0, 0.1) is 5.92 Å². The molecule has 1 saturated carbocycles. The summed E-state index contributed by atoms with van der Waals surface area (Å²) in [5, 5.41) is 2.86. The number of carbonyl (C=O) groups is 1. The zero-order chi connectivity index (χ0) is 23.5. The third-order valence-electron chi connectivity index (χ3n) is 6.58. The molecule has 0 spiro atoms. The second-order valence-electron chi connectivity index (χ2n) is 8.95. The number of benzene rings is 3. The van der Waals surface area contributed by atoms with Crippen LogP contribution in [0.15, 0.2) is 89.8 Å². The molecule has 0 atom stereocenters. The number of carbonyl (C=O) groups excluding carboxylic acids is 1. The maximum atomic E-state index is 13.3. The largest absolute Gasteiger partial charge is 0.326 e. The van der Waals surface area contributed by atoms with Crippen LogP contribution in [0.1, 0.15) is 30.0 Å². The molecule has 176 valence electrons. The molecule has 1 aliphatic heterocycles. The molecule has 3 aromatic carbocycles. The summed E-state index contributed by atoms with van der Waals surface area (Å²) in [5.41, 5.74) is 3.04. The summed E-state index contributed by atoms with van der Waals surface area (Å²) < 4.78 is 28.1. The zero-order valence-electron chi connectivity index (χ0n) is 19.0. The number of nitrogens with zero attached hydrogens (tertiary/aromatic N) is 2. The van der Waals surface area contributed by atoms with E-state index in [0.717, 1.165) is 12.8 Å². The predicted molar refractivity (Wildman–Crippen MR) is 133 cm³/mol. The number of nitrogens with one attached hydrogen (secondary N) is 1. The maximum Gasteiger partial charge on any atom is 0.243 e. The van der Waals surface area contributed by atoms with E-state index >= 15 is 0 Å². The van der Waals surface area contributed by atoms with Gasteiger partial charge in [-0.2, -0.15) is 4.31 Å². The highest BCUT2D eigenvalue weighted by Crippen LogP contribution is 2.32. The molecular weight excluding hydrogens is 446 g/mol. The number of anilines is 1. The average Bonchev–Trinajstić information content (AvgIpc) is 3.72. The van der Waals surface area contributed by atoms with Crippen LogP contribution in [0.2, 0.25) is 0 Å². The zero-order valence-corrected chi connectivity index (χ0v) is 19.8. The summed E-state index contributed by atoms with van der Waals surface area (Å²) in [4.78, 5) is 14.6. The van der Waals surface area contributed by atoms with E-state index in [-0.39, 0.29) is 22.8 Å². The Kier molecular flexibility index (Phi) is 6.50. The van der Waals surface area contributed by atoms with Crippen molar-refractivity contribution >= 4 is 21.6 Å². The fraction of sp³-hybridized carbons (Fsp3) is 0.296. The van der Waals surface area contributed by atoms with Crippen molar-refractivity contribution in [2.24, 2.45) is 5.92 Å². The van der Waals surface area contributed by atoms with Gasteiger partial charge in [-0.25, -0.2) is 8.42 Å². The summed E-state index contributed by atoms with van der Waals surface area (Å²) >= 11 is 0. The number of hydrogen-bond donors (Lipinski definition) is 1. The monoisotopic (exact) mass is 475 g/mol. The van der Waals surface area contributed by atoms with E-state index in [0.29, 0.717) is 31.9 Å². The van der Waals surface area contributed by atoms with Gasteiger partial charge in [-0.3, -0.25) is 9.69 Å². The Hall–Kier alpha value is -3.00. The first-order valence-corrected chi connectivity index (χ1v) is 13.2. The van der Waals surface area contributed by atoms with Gasteiger partial charge in [0.25, 0.3) is 0 Å². The Morgan fingerprint density at radius 3 is 1.79 bits per heavy atom. The first-order chi connectivity index (χ1) is 16.5. The van der Waals surface area contributed by atoms with Gasteiger partial charge in [0.05, 0.1) is 10.9 Å². The molecular formula is C27H29N3O3S. The number of hydrogen-bond acceptors (Lipinski definition) is 4. The Bertz CT molecular complexity index is 1180. The van der Waals surface area contributed by atoms with Gasteiger partial charge >= 0.3 is 0 Å². The van der Waals surface area contributed by atoms with Crippen molar-refractivity contribution < 1.29 is 13.2 Å². The molecule has 1 amide bonds. The molecule has 0 aromatic heterocycles. The van der Waals surface area contributed by atoms with Crippen LogP contribution in [-0.2, 0) is 14.8 Å². The van der Waals surface area contributed by atoms with Crippen LogP contribution in [0.4, 0.5) is 5.69 Å². The third-order valence-corrected chi connectivity index (χ3v) is 8.49. The van der Waals surface area contributed by atoms with Crippen molar-refractivity contribution in [1.82, 2.24) is 9.21 Å². The van der Waals surface area contributed by atoms with Crippen molar-refractivity contribution in [3.63, 3.8) is 0 Å². The van der Waals surface area contributed by atoms with E-state index in [2.05, 4.69) is 34.5 Å². The Morgan fingerprint density at radius 2 is 1.29 bits per heavy atom. The van der Waals surface area contributed by atoms with Gasteiger partial charge in [-0.1, -0.05) is 60.7 Å². The first-order valence-electron chi connectivity index (χ1n) is 11.8. The fourth-order valence-corrected chi connectivity index (χ4v) is 5.96. The highest BCUT2D eigenvalue weighted by atomic mass is 32.2. The molecule has 1 N–H and O–H groups in total. The van der Waals surface area contributed by atoms with Crippen LogP contribution in [0.5, 0.6) is 0 Å². The summed E-state index contributed by atoms with van der Waals surface area (Å²) in [6.45, 7) is 2.14. The normalized spacial score (nSPS) is 17.6. The molecule has 1 saturated heterocycles. The SMILES string of the molecule is O=C(Nc1ccc(S(=O)(=O)N2CCN(C(c3ccccc3)c3ccccc3)CC2)cc1)C1CC1. The lowest BCUT2D eigenvalue weighted by Crippen LogP contribution is -2.49. The Balaban J connectivity index is 1.28. The van der Waals surface area contributed by atoms with E-state index in [1.807, 2.05) is 36.4 Å². The number of sulfonamides is 1. The molecule has 7 heteroatoms. The fourth-order valence-electron chi connectivity index (χ4n) is 4.54. The van der Waals surface area contributed by atoms with E-state index in [1.165, 1.54) is 11.1 Å². The Labute approximate surface area is 201 Å². The van der Waals surface area contributed by atoms with Crippen LogP contribution in [-0.4, -0.2) is 49.7 Å². The standard InChI is InChI=1S/C27H29N3O3S/c31-27(23-11-12-23)28-24-13-15-25(16-14-24)34(32,33)30-19-17-29(18-20-30)26(21-7-3-1-4-8-21)22-9-5-2-6-10-22/h1-10,13-16,23,26H,11-12,17-20H2,(H,28,31). The minimum absolute atomic E-state index is 0.0121. The quantitative estimate of drug-likeness (QED) is 0.558. The van der Waals surface area contributed by atoms with E-state index < -0.39 is 10.0 Å². The summed E-state index contributed by atoms with van der Waals surface area (Å²) in [6.07, 6.45) is 1.86. The third kappa shape index (κ3) is 4.92. The van der Waals surface area contributed by atoms with Crippen molar-refractivity contribution in [2.75, 3.05) is 31.5 Å². The van der Waals surface area contributed by atoms with E-state index in [4.69, 9.17) is 0 Å². The van der Waals surface area contributed by atoms with Crippen molar-refractivity contribution in [3.05, 3.63) is 96.1 Å². The molecule has 1 aliphatic carbocycles. The molecule has 34 heavy (non-hydrogen) atoms. The predicted octanol–water partition coefficient (Wildman–Crippen LogP) is 4.13. The molecule has 0 unspecified atom stereocenters. The summed E-state index contributed by atoms with van der Waals surface area (Å²) in [7, 11) is -3.60. The second-order valence-corrected chi connectivity index (χ2v) is 10.9. The van der Waals surface area contributed by atoms with Gasteiger partial charge < -0.3 is 5.32 Å². The lowest BCUT2D eigenvalue weighted by atomic mass is 9.96. The van der Waals surface area contributed by atoms with Gasteiger partial charge in [-0.05, 0) is 48.2 Å². The maximum absolute atomic E-state index is 13.3. The van der Waals surface area contributed by atoms with Crippen molar-refractivity contribution in [2.45, 2.75) is 23.8 Å². The highest BCUT2D eigenvalue weighted by Gasteiger charge is 2.32. The summed E-state index contributed by atoms with van der Waals surface area (Å²) in [5.74, 6) is 0.119. The average molecular weight is 476 g/mol. The van der Waals surface area contributed by atoms with E-state index in [9.17, 15) is 13.2 Å². The molecule has 0 bridgehead atoms. The number of amides is 1. The van der Waals surface area contributed by atoms with Crippen LogP contribution < -0.4 is 5.32 Å². The molecule has 1 heterocycles. The molecule has 3 aromatic rings. The summed E-state index contributed by atoms with van der Waals surface area (Å²) in [6, 6.07) is 27.3. The smallest absolute Gasteiger partial charge is 0.243 e. The van der Waals surface area contributed by atoms with Crippen molar-refractivity contribution in [3.8, 4) is 0 Å². The molecule has 5 rings (SSSR count). The van der Waals surface area contributed by atoms with Gasteiger partial charge in [0.15, 0.2) is 0 Å². The second kappa shape index (κ2) is 9.70. The molecule has 6 nitrogen and oxygen atoms in total. The lowest BCUT2D eigenvalue weighted by Gasteiger charge is -2.39. The topological polar surface area (TPSA) is 69.7 Å². The number of piperazine rings is 1. The minimum Gasteiger partial charge on any atom is -0.326 e. The van der Waals surface area contributed by atoms with Gasteiger partial charge in [0.1, 0.15) is 0 Å². The van der Waals surface area contributed by atoms with Gasteiger partial charge in [0.2, 0.25) is 15.9 Å². The van der Waals surface area contributed by atoms with Crippen LogP contribution in [0.25, 0.3) is 0 Å². The highest BCUT2D eigenvalue weighted by molar-refractivity contribution is 7.89. The molecule has 2 aliphatic rings.